The number of benzene rings is 2. The third-order valence-corrected chi connectivity index (χ3v) is 6.28. The summed E-state index contributed by atoms with van der Waals surface area (Å²) in [5.41, 5.74) is 1.87. The molecule has 0 aliphatic heterocycles. The van der Waals surface area contributed by atoms with E-state index in [0.717, 1.165) is 19.3 Å². The van der Waals surface area contributed by atoms with E-state index in [-0.39, 0.29) is 23.1 Å². The molecule has 0 saturated heterocycles. The maximum Gasteiger partial charge on any atom is 0.314 e. The van der Waals surface area contributed by atoms with Gasteiger partial charge in [-0.1, -0.05) is 84.7 Å². The lowest BCUT2D eigenvalue weighted by Crippen LogP contribution is -2.19. The van der Waals surface area contributed by atoms with Crippen LogP contribution in [0.1, 0.15) is 85.1 Å². The molecule has 0 radical (unpaired) electrons. The van der Waals surface area contributed by atoms with Gasteiger partial charge in [0.15, 0.2) is 0 Å². The van der Waals surface area contributed by atoms with Gasteiger partial charge in [0.25, 0.3) is 0 Å². The number of carbonyl (C=O) groups excluding carboxylic acids is 1. The average Bonchev–Trinajstić information content (AvgIpc) is 3.19. The lowest BCUT2D eigenvalue weighted by atomic mass is 9.86. The van der Waals surface area contributed by atoms with Gasteiger partial charge in [0.2, 0.25) is 0 Å². The van der Waals surface area contributed by atoms with Crippen LogP contribution in [0.2, 0.25) is 5.02 Å². The first-order valence-electron chi connectivity index (χ1n) is 12.2. The number of nitrogens with zero attached hydrogens (tertiary/aromatic N) is 3. The molecule has 3 rings (SSSR count). The lowest BCUT2D eigenvalue weighted by molar-refractivity contribution is -0.138. The second-order valence-electron chi connectivity index (χ2n) is 10.1. The van der Waals surface area contributed by atoms with Crippen molar-refractivity contribution in [2.24, 2.45) is 5.92 Å². The van der Waals surface area contributed by atoms with Crippen LogP contribution in [-0.2, 0) is 10.2 Å². The number of esters is 1. The topological polar surface area (TPSA) is 77.2 Å². The minimum atomic E-state index is -0.388. The number of fused-ring (bicyclic) bond motifs is 1. The van der Waals surface area contributed by atoms with Crippen LogP contribution >= 0.6 is 11.6 Å². The molecule has 1 unspecified atom stereocenters. The molecule has 1 aromatic heterocycles. The smallest absolute Gasteiger partial charge is 0.314 e. The van der Waals surface area contributed by atoms with Gasteiger partial charge in [0, 0.05) is 16.7 Å². The molecule has 0 aliphatic rings. The Kier molecular flexibility index (Phi) is 8.58. The van der Waals surface area contributed by atoms with Gasteiger partial charge in [0.05, 0.1) is 5.92 Å². The van der Waals surface area contributed by atoms with Gasteiger partial charge >= 0.3 is 5.97 Å². The summed E-state index contributed by atoms with van der Waals surface area (Å²) in [5.74, 6) is -0.0414. The fourth-order valence-electron chi connectivity index (χ4n) is 3.94. The van der Waals surface area contributed by atoms with Crippen molar-refractivity contribution in [2.75, 3.05) is 0 Å². The summed E-state index contributed by atoms with van der Waals surface area (Å²) in [6, 6.07) is 8.58. The molecule has 0 spiro atoms. The van der Waals surface area contributed by atoms with E-state index in [2.05, 4.69) is 17.1 Å². The molecule has 0 bridgehead atoms. The molecule has 2 aromatic carbocycles. The molecule has 7 heteroatoms. The van der Waals surface area contributed by atoms with Crippen LogP contribution in [-0.4, -0.2) is 26.1 Å². The predicted octanol–water partition coefficient (Wildman–Crippen LogP) is 7.37. The summed E-state index contributed by atoms with van der Waals surface area (Å²) in [5, 5.41) is 20.6. The molecule has 6 nitrogen and oxygen atoms in total. The highest BCUT2D eigenvalue weighted by Gasteiger charge is 2.25. The summed E-state index contributed by atoms with van der Waals surface area (Å²) in [6.07, 6.45) is 7.91. The van der Waals surface area contributed by atoms with Crippen LogP contribution in [0, 0.1) is 5.92 Å². The molecule has 3 aromatic rings. The molecule has 34 heavy (non-hydrogen) atoms. The zero-order valence-corrected chi connectivity index (χ0v) is 21.7. The van der Waals surface area contributed by atoms with Gasteiger partial charge in [0.1, 0.15) is 28.2 Å². The first-order chi connectivity index (χ1) is 16.1. The molecule has 0 saturated carbocycles. The number of hydrogen-bond acceptors (Lipinski definition) is 5. The third kappa shape index (κ3) is 6.50. The van der Waals surface area contributed by atoms with E-state index in [1.54, 1.807) is 30.3 Å². The zero-order chi connectivity index (χ0) is 24.9. The van der Waals surface area contributed by atoms with Crippen molar-refractivity contribution in [2.45, 2.75) is 85.0 Å². The molecule has 1 heterocycles. The zero-order valence-electron chi connectivity index (χ0n) is 20.9. The van der Waals surface area contributed by atoms with Gasteiger partial charge in [-0.25, -0.2) is 0 Å². The van der Waals surface area contributed by atoms with E-state index < -0.39 is 0 Å². The summed E-state index contributed by atoms with van der Waals surface area (Å²) in [4.78, 5) is 14.2. The minimum absolute atomic E-state index is 0.0545. The minimum Gasteiger partial charge on any atom is -0.505 e. The predicted molar refractivity (Wildman–Crippen MR) is 137 cm³/mol. The highest BCUT2D eigenvalue weighted by Crippen LogP contribution is 2.38. The molecule has 1 N–H and O–H groups in total. The Morgan fingerprint density at radius 3 is 2.44 bits per heavy atom. The Morgan fingerprint density at radius 1 is 1.06 bits per heavy atom. The van der Waals surface area contributed by atoms with E-state index in [1.807, 2.05) is 27.7 Å². The van der Waals surface area contributed by atoms with Crippen molar-refractivity contribution in [3.63, 3.8) is 0 Å². The van der Waals surface area contributed by atoms with Gasteiger partial charge in [-0.3, -0.25) is 4.79 Å². The van der Waals surface area contributed by atoms with Crippen molar-refractivity contribution in [1.82, 2.24) is 15.0 Å². The van der Waals surface area contributed by atoms with Crippen molar-refractivity contribution in [1.29, 1.82) is 0 Å². The normalized spacial score (nSPS) is 12.8. The standard InChI is InChI=1S/C27H36ClN3O3/c1-6-7-8-9-10-11-12-18(2)26(33)34-20-16-21(27(3,4)5)25(32)24(17-20)31-29-22-14-13-19(28)15-23(22)30-31/h13-18,32H,6-12H2,1-5H3. The number of halogens is 1. The first-order valence-corrected chi connectivity index (χ1v) is 12.6. The number of rotatable bonds is 10. The van der Waals surface area contributed by atoms with Crippen LogP contribution in [0.4, 0.5) is 0 Å². The molecule has 0 amide bonds. The molecule has 184 valence electrons. The first kappa shape index (κ1) is 26.0. The number of hydrogen-bond donors (Lipinski definition) is 1. The third-order valence-electron chi connectivity index (χ3n) is 6.04. The Balaban J connectivity index is 1.82. The largest absolute Gasteiger partial charge is 0.505 e. The second-order valence-corrected chi connectivity index (χ2v) is 10.5. The Morgan fingerprint density at radius 2 is 1.74 bits per heavy atom. The van der Waals surface area contributed by atoms with Crippen LogP contribution in [0.3, 0.4) is 0 Å². The molecular weight excluding hydrogens is 450 g/mol. The Hall–Kier alpha value is -2.60. The number of unbranched alkanes of at least 4 members (excludes halogenated alkanes) is 5. The summed E-state index contributed by atoms with van der Waals surface area (Å²) >= 11 is 6.09. The quantitative estimate of drug-likeness (QED) is 0.184. The van der Waals surface area contributed by atoms with Crippen molar-refractivity contribution in [3.8, 4) is 17.2 Å². The fourth-order valence-corrected chi connectivity index (χ4v) is 4.10. The lowest BCUT2D eigenvalue weighted by Gasteiger charge is -2.23. The van der Waals surface area contributed by atoms with E-state index in [0.29, 0.717) is 33.1 Å². The van der Waals surface area contributed by atoms with Gasteiger partial charge < -0.3 is 9.84 Å². The number of carbonyl (C=O) groups is 1. The SMILES string of the molecule is CCCCCCCCC(C)C(=O)Oc1cc(-n2nc3ccc(Cl)cc3n2)c(O)c(C(C)(C)C)c1. The summed E-state index contributed by atoms with van der Waals surface area (Å²) < 4.78 is 5.78. The molecule has 0 aliphatic carbocycles. The van der Waals surface area contributed by atoms with Crippen LogP contribution in [0.5, 0.6) is 11.5 Å². The second kappa shape index (κ2) is 11.2. The molecular formula is C27H36ClN3O3. The van der Waals surface area contributed by atoms with Crippen molar-refractivity contribution in [3.05, 3.63) is 40.9 Å². The number of phenols is 1. The van der Waals surface area contributed by atoms with Crippen LogP contribution < -0.4 is 4.74 Å². The number of ether oxygens (including phenoxy) is 1. The van der Waals surface area contributed by atoms with E-state index in [9.17, 15) is 9.90 Å². The Labute approximate surface area is 207 Å². The summed E-state index contributed by atoms with van der Waals surface area (Å²) in [7, 11) is 0. The van der Waals surface area contributed by atoms with Gasteiger partial charge in [-0.05, 0) is 36.1 Å². The van der Waals surface area contributed by atoms with Crippen LogP contribution in [0.25, 0.3) is 16.7 Å². The molecule has 0 fully saturated rings. The van der Waals surface area contributed by atoms with Gasteiger partial charge in [-0.2, -0.15) is 0 Å². The van der Waals surface area contributed by atoms with E-state index in [4.69, 9.17) is 16.3 Å². The number of phenolic OH excluding ortho intramolecular Hbond substituents is 1. The maximum atomic E-state index is 12.8. The monoisotopic (exact) mass is 485 g/mol. The molecule has 1 atom stereocenters. The summed E-state index contributed by atoms with van der Waals surface area (Å²) in [6.45, 7) is 10.1. The van der Waals surface area contributed by atoms with Crippen LogP contribution in [0.15, 0.2) is 30.3 Å². The highest BCUT2D eigenvalue weighted by molar-refractivity contribution is 6.31. The number of aromatic hydroxyl groups is 1. The van der Waals surface area contributed by atoms with Crippen molar-refractivity contribution >= 4 is 28.6 Å². The van der Waals surface area contributed by atoms with E-state index in [1.165, 1.54) is 30.5 Å². The van der Waals surface area contributed by atoms with E-state index >= 15 is 0 Å². The average molecular weight is 486 g/mol. The van der Waals surface area contributed by atoms with Crippen molar-refractivity contribution < 1.29 is 14.6 Å². The van der Waals surface area contributed by atoms with Gasteiger partial charge in [-0.15, -0.1) is 15.0 Å². The fraction of sp³-hybridized carbons (Fsp3) is 0.519. The number of aromatic nitrogens is 3. The maximum absolute atomic E-state index is 12.8. The Bertz CT molecular complexity index is 1130. The highest BCUT2D eigenvalue weighted by atomic mass is 35.5.